The second-order valence-corrected chi connectivity index (χ2v) is 3.00. The third kappa shape index (κ3) is 1.54. The lowest BCUT2D eigenvalue weighted by Gasteiger charge is -1.92. The molecule has 0 bridgehead atoms. The van der Waals surface area contributed by atoms with Crippen molar-refractivity contribution in [3.05, 3.63) is 36.9 Å². The topological polar surface area (TPSA) is 43.6 Å². The van der Waals surface area contributed by atoms with Gasteiger partial charge in [0.15, 0.2) is 0 Å². The zero-order chi connectivity index (χ0) is 9.97. The number of aromatic nitrogens is 4. The van der Waals surface area contributed by atoms with E-state index in [4.69, 9.17) is 0 Å². The zero-order valence-corrected chi connectivity index (χ0v) is 7.88. The van der Waals surface area contributed by atoms with Crippen molar-refractivity contribution in [1.29, 1.82) is 0 Å². The first-order valence-corrected chi connectivity index (χ1v) is 4.29. The fourth-order valence-corrected chi connectivity index (χ4v) is 1.08. The minimum Gasteiger partial charge on any atom is -0.136 e. The molecular formula is C10H10N4. The summed E-state index contributed by atoms with van der Waals surface area (Å²) in [5.41, 5.74) is 1.71. The van der Waals surface area contributed by atoms with Gasteiger partial charge in [-0.05, 0) is 12.1 Å². The standard InChI is InChI=1S/C10H10N4/c1-8(2)14-12-10(11-13-14)9-6-4-3-5-7-9/h3-7H,1H2,2H3. The maximum absolute atomic E-state index is 4.17. The van der Waals surface area contributed by atoms with Gasteiger partial charge in [-0.2, -0.15) is 0 Å². The van der Waals surface area contributed by atoms with Crippen molar-refractivity contribution in [2.45, 2.75) is 6.92 Å². The fraction of sp³-hybridized carbons (Fsp3) is 0.100. The van der Waals surface area contributed by atoms with Crippen LogP contribution in [0, 0.1) is 0 Å². The van der Waals surface area contributed by atoms with Gasteiger partial charge in [0, 0.05) is 5.56 Å². The van der Waals surface area contributed by atoms with Crippen LogP contribution in [0.4, 0.5) is 0 Å². The quantitative estimate of drug-likeness (QED) is 0.718. The third-order valence-corrected chi connectivity index (χ3v) is 1.79. The highest BCUT2D eigenvalue weighted by Crippen LogP contribution is 2.12. The Balaban J connectivity index is 2.39. The molecule has 0 saturated carbocycles. The largest absolute Gasteiger partial charge is 0.205 e. The Morgan fingerprint density at radius 3 is 2.57 bits per heavy atom. The van der Waals surface area contributed by atoms with E-state index >= 15 is 0 Å². The van der Waals surface area contributed by atoms with E-state index in [1.165, 1.54) is 4.80 Å². The van der Waals surface area contributed by atoms with Gasteiger partial charge in [-0.3, -0.25) is 0 Å². The Labute approximate surface area is 81.9 Å². The summed E-state index contributed by atoms with van der Waals surface area (Å²) in [4.78, 5) is 1.42. The molecule has 2 aromatic rings. The fourth-order valence-electron chi connectivity index (χ4n) is 1.08. The normalized spacial score (nSPS) is 10.1. The van der Waals surface area contributed by atoms with Gasteiger partial charge in [0.25, 0.3) is 0 Å². The van der Waals surface area contributed by atoms with Crippen LogP contribution in [-0.4, -0.2) is 20.2 Å². The van der Waals surface area contributed by atoms with Crippen LogP contribution in [-0.2, 0) is 0 Å². The van der Waals surface area contributed by atoms with E-state index in [-0.39, 0.29) is 0 Å². The number of hydrogen-bond donors (Lipinski definition) is 0. The van der Waals surface area contributed by atoms with Gasteiger partial charge >= 0.3 is 0 Å². The summed E-state index contributed by atoms with van der Waals surface area (Å²) in [6.45, 7) is 5.56. The smallest absolute Gasteiger partial charge is 0.136 e. The van der Waals surface area contributed by atoms with Crippen LogP contribution in [0.5, 0.6) is 0 Å². The minimum absolute atomic E-state index is 0.619. The lowest BCUT2D eigenvalue weighted by Crippen LogP contribution is -1.96. The molecule has 0 spiro atoms. The minimum atomic E-state index is 0.619. The molecule has 1 heterocycles. The highest BCUT2D eigenvalue weighted by Gasteiger charge is 2.04. The van der Waals surface area contributed by atoms with Gasteiger partial charge in [0.1, 0.15) is 0 Å². The SMILES string of the molecule is C=C(C)n1nnc(-c2ccccc2)n1. The summed E-state index contributed by atoms with van der Waals surface area (Å²) in [5.74, 6) is 0.619. The van der Waals surface area contributed by atoms with Crippen molar-refractivity contribution in [1.82, 2.24) is 20.2 Å². The van der Waals surface area contributed by atoms with Crippen LogP contribution >= 0.6 is 0 Å². The Morgan fingerprint density at radius 2 is 2.00 bits per heavy atom. The van der Waals surface area contributed by atoms with Crippen LogP contribution in [0.15, 0.2) is 36.9 Å². The van der Waals surface area contributed by atoms with Crippen molar-refractivity contribution < 1.29 is 0 Å². The van der Waals surface area contributed by atoms with E-state index in [1.807, 2.05) is 37.3 Å². The predicted molar refractivity (Wildman–Crippen MR) is 54.3 cm³/mol. The molecule has 70 valence electrons. The van der Waals surface area contributed by atoms with E-state index < -0.39 is 0 Å². The molecule has 0 atom stereocenters. The molecule has 14 heavy (non-hydrogen) atoms. The Hall–Kier alpha value is -1.97. The Kier molecular flexibility index (Phi) is 2.10. The van der Waals surface area contributed by atoms with E-state index in [0.29, 0.717) is 5.82 Å². The second kappa shape index (κ2) is 3.41. The van der Waals surface area contributed by atoms with Crippen LogP contribution in [0.25, 0.3) is 17.1 Å². The van der Waals surface area contributed by atoms with Gasteiger partial charge in [-0.25, -0.2) is 0 Å². The molecule has 0 unspecified atom stereocenters. The molecule has 0 radical (unpaired) electrons. The molecule has 0 amide bonds. The number of hydrogen-bond acceptors (Lipinski definition) is 3. The van der Waals surface area contributed by atoms with Gasteiger partial charge in [0.2, 0.25) is 5.82 Å². The summed E-state index contributed by atoms with van der Waals surface area (Å²) >= 11 is 0. The van der Waals surface area contributed by atoms with Crippen molar-refractivity contribution in [3.63, 3.8) is 0 Å². The molecule has 0 saturated heterocycles. The van der Waals surface area contributed by atoms with Gasteiger partial charge in [-0.1, -0.05) is 36.9 Å². The van der Waals surface area contributed by atoms with Crippen LogP contribution in [0.3, 0.4) is 0 Å². The average Bonchev–Trinajstić information content (AvgIpc) is 2.68. The number of nitrogens with zero attached hydrogens (tertiary/aromatic N) is 4. The molecular weight excluding hydrogens is 176 g/mol. The van der Waals surface area contributed by atoms with Crippen molar-refractivity contribution in [3.8, 4) is 11.4 Å². The molecule has 2 rings (SSSR count). The molecule has 1 aromatic carbocycles. The number of tetrazole rings is 1. The summed E-state index contributed by atoms with van der Waals surface area (Å²) < 4.78 is 0. The molecule has 4 heteroatoms. The maximum atomic E-state index is 4.17. The molecule has 4 nitrogen and oxygen atoms in total. The van der Waals surface area contributed by atoms with Crippen LogP contribution in [0.1, 0.15) is 6.92 Å². The van der Waals surface area contributed by atoms with Crippen LogP contribution in [0.2, 0.25) is 0 Å². The second-order valence-electron chi connectivity index (χ2n) is 3.00. The lowest BCUT2D eigenvalue weighted by atomic mass is 10.2. The first-order valence-electron chi connectivity index (χ1n) is 4.29. The third-order valence-electron chi connectivity index (χ3n) is 1.79. The first kappa shape index (κ1) is 8.62. The molecule has 0 aliphatic rings. The molecule has 1 aromatic heterocycles. The summed E-state index contributed by atoms with van der Waals surface area (Å²) in [6, 6.07) is 9.72. The highest BCUT2D eigenvalue weighted by atomic mass is 15.6. The lowest BCUT2D eigenvalue weighted by molar-refractivity contribution is 0.734. The maximum Gasteiger partial charge on any atom is 0.205 e. The summed E-state index contributed by atoms with van der Waals surface area (Å²) in [7, 11) is 0. The van der Waals surface area contributed by atoms with Crippen molar-refractivity contribution >= 4 is 5.70 Å². The first-order chi connectivity index (χ1) is 6.77. The average molecular weight is 186 g/mol. The monoisotopic (exact) mass is 186 g/mol. The van der Waals surface area contributed by atoms with E-state index in [0.717, 1.165) is 11.3 Å². The Bertz CT molecular complexity index is 444. The van der Waals surface area contributed by atoms with Gasteiger partial charge in [-0.15, -0.1) is 15.0 Å². The molecule has 0 aliphatic carbocycles. The van der Waals surface area contributed by atoms with E-state index in [9.17, 15) is 0 Å². The van der Waals surface area contributed by atoms with Gasteiger partial charge in [0.05, 0.1) is 5.70 Å². The van der Waals surface area contributed by atoms with E-state index in [2.05, 4.69) is 22.0 Å². The summed E-state index contributed by atoms with van der Waals surface area (Å²) in [6.07, 6.45) is 0. The number of benzene rings is 1. The number of allylic oxidation sites excluding steroid dienone is 1. The molecule has 0 aliphatic heterocycles. The van der Waals surface area contributed by atoms with Crippen molar-refractivity contribution in [2.75, 3.05) is 0 Å². The number of rotatable bonds is 2. The highest BCUT2D eigenvalue weighted by molar-refractivity contribution is 5.53. The zero-order valence-electron chi connectivity index (χ0n) is 7.88. The summed E-state index contributed by atoms with van der Waals surface area (Å²) in [5, 5.41) is 12.0. The predicted octanol–water partition coefficient (Wildman–Crippen LogP) is 1.83. The van der Waals surface area contributed by atoms with Gasteiger partial charge < -0.3 is 0 Å². The molecule has 0 N–H and O–H groups in total. The molecule has 0 fully saturated rings. The van der Waals surface area contributed by atoms with Crippen molar-refractivity contribution in [2.24, 2.45) is 0 Å². The Morgan fingerprint density at radius 1 is 1.29 bits per heavy atom. The van der Waals surface area contributed by atoms with Crippen LogP contribution < -0.4 is 0 Å². The van der Waals surface area contributed by atoms with E-state index in [1.54, 1.807) is 0 Å².